The lowest BCUT2D eigenvalue weighted by molar-refractivity contribution is -0.0793. The lowest BCUT2D eigenvalue weighted by Crippen LogP contribution is -2.36. The van der Waals surface area contributed by atoms with Crippen LogP contribution in [0, 0.1) is 5.82 Å². The normalized spacial score (nSPS) is 12.8. The molecule has 3 aromatic rings. The van der Waals surface area contributed by atoms with Gasteiger partial charge in [0.15, 0.2) is 6.10 Å². The maximum Gasteiger partial charge on any atom is 0.339 e. The number of methoxy groups -OCH3 is 1. The molecule has 0 spiro atoms. The molecule has 0 aliphatic heterocycles. The van der Waals surface area contributed by atoms with Gasteiger partial charge < -0.3 is 15.6 Å². The maximum absolute atomic E-state index is 14.7. The van der Waals surface area contributed by atoms with Crippen LogP contribution in [0.3, 0.4) is 0 Å². The molecule has 2 aromatic carbocycles. The Morgan fingerprint density at radius 1 is 1.19 bits per heavy atom. The number of para-hydroxylation sites is 1. The van der Waals surface area contributed by atoms with Crippen molar-refractivity contribution in [1.82, 2.24) is 4.98 Å². The number of anilines is 1. The van der Waals surface area contributed by atoms with E-state index in [2.05, 4.69) is 4.98 Å². The first kappa shape index (κ1) is 18.7. The third-order valence-electron chi connectivity index (χ3n) is 4.15. The third-order valence-corrected chi connectivity index (χ3v) is 4.15. The summed E-state index contributed by atoms with van der Waals surface area (Å²) in [6.07, 6.45) is -2.50. The maximum atomic E-state index is 14.7. The minimum absolute atomic E-state index is 0.228. The summed E-state index contributed by atoms with van der Waals surface area (Å²) in [5.41, 5.74) is 5.14. The predicted molar refractivity (Wildman–Crippen MR) is 93.3 cm³/mol. The molecule has 1 aromatic heterocycles. The van der Waals surface area contributed by atoms with E-state index in [-0.39, 0.29) is 17.1 Å². The van der Waals surface area contributed by atoms with Crippen LogP contribution >= 0.6 is 0 Å². The van der Waals surface area contributed by atoms with E-state index in [1.54, 1.807) is 18.2 Å². The Kier molecular flexibility index (Phi) is 4.75. The number of carbonyl (C=O) groups excluding carboxylic acids is 1. The molecule has 0 aliphatic carbocycles. The molecule has 8 heteroatoms. The van der Waals surface area contributed by atoms with Crippen LogP contribution in [0.2, 0.25) is 0 Å². The summed E-state index contributed by atoms with van der Waals surface area (Å²) < 4.78 is 47.5. The molecular weight excluding hydrogens is 361 g/mol. The van der Waals surface area contributed by atoms with Gasteiger partial charge in [0.25, 0.3) is 0 Å². The number of nitrogen functional groups attached to an aromatic ring is 1. The van der Waals surface area contributed by atoms with Crippen molar-refractivity contribution >= 4 is 22.4 Å². The highest BCUT2D eigenvalue weighted by Gasteiger charge is 2.49. The fraction of sp³-hybridized carbons (Fsp3) is 0.158. The second kappa shape index (κ2) is 6.88. The summed E-state index contributed by atoms with van der Waals surface area (Å²) in [4.78, 5) is 16.7. The first-order valence-electron chi connectivity index (χ1n) is 7.85. The molecule has 27 heavy (non-hydrogen) atoms. The number of rotatable bonds is 5. The second-order valence-corrected chi connectivity index (χ2v) is 5.83. The van der Waals surface area contributed by atoms with Gasteiger partial charge in [-0.2, -0.15) is 8.78 Å². The minimum atomic E-state index is -4.25. The molecule has 0 radical (unpaired) electrons. The van der Waals surface area contributed by atoms with Crippen molar-refractivity contribution in [3.8, 4) is 5.88 Å². The van der Waals surface area contributed by atoms with Crippen molar-refractivity contribution in [2.24, 2.45) is 0 Å². The van der Waals surface area contributed by atoms with Gasteiger partial charge in [0.2, 0.25) is 11.7 Å². The Bertz CT molecular complexity index is 1010. The van der Waals surface area contributed by atoms with E-state index in [0.29, 0.717) is 10.9 Å². The summed E-state index contributed by atoms with van der Waals surface area (Å²) in [5, 5.41) is 10.3. The van der Waals surface area contributed by atoms with Crippen molar-refractivity contribution < 1.29 is 27.8 Å². The number of aromatic nitrogens is 1. The van der Waals surface area contributed by atoms with Gasteiger partial charge in [-0.05, 0) is 23.8 Å². The molecule has 0 saturated heterocycles. The van der Waals surface area contributed by atoms with Crippen LogP contribution in [-0.2, 0) is 0 Å². The number of ether oxygens (including phenoxy) is 1. The summed E-state index contributed by atoms with van der Waals surface area (Å²) in [6, 6.07) is 10.2. The zero-order valence-electron chi connectivity index (χ0n) is 14.1. The van der Waals surface area contributed by atoms with Crippen molar-refractivity contribution in [1.29, 1.82) is 0 Å². The highest BCUT2D eigenvalue weighted by atomic mass is 19.3. The van der Waals surface area contributed by atoms with E-state index >= 15 is 0 Å². The molecule has 0 fully saturated rings. The van der Waals surface area contributed by atoms with E-state index in [0.717, 1.165) is 24.3 Å². The van der Waals surface area contributed by atoms with Gasteiger partial charge in [-0.1, -0.05) is 30.3 Å². The number of alkyl halides is 2. The minimum Gasteiger partial charge on any atom is -0.480 e. The van der Waals surface area contributed by atoms with Gasteiger partial charge in [-0.25, -0.2) is 9.37 Å². The van der Waals surface area contributed by atoms with E-state index in [1.165, 1.54) is 13.2 Å². The number of carbonyl (C=O) groups is 1. The zero-order valence-corrected chi connectivity index (χ0v) is 14.1. The molecule has 1 unspecified atom stereocenters. The number of benzene rings is 2. The summed E-state index contributed by atoms with van der Waals surface area (Å²) in [7, 11) is 1.17. The molecule has 3 N–H and O–H groups in total. The van der Waals surface area contributed by atoms with Crippen molar-refractivity contribution in [2.45, 2.75) is 12.0 Å². The molecule has 3 rings (SSSR count). The SMILES string of the molecule is COc1nc2ccccc2c(N)c1C(=O)C(F)(F)C(O)c1ccc(F)cc1. The number of aliphatic hydroxyl groups is 1. The van der Waals surface area contributed by atoms with E-state index in [4.69, 9.17) is 10.5 Å². The van der Waals surface area contributed by atoms with Crippen molar-refractivity contribution in [2.75, 3.05) is 12.8 Å². The average molecular weight is 376 g/mol. The van der Waals surface area contributed by atoms with E-state index in [9.17, 15) is 23.1 Å². The van der Waals surface area contributed by atoms with Crippen molar-refractivity contribution in [3.05, 3.63) is 65.5 Å². The van der Waals surface area contributed by atoms with Crippen molar-refractivity contribution in [3.63, 3.8) is 0 Å². The number of hydrogen-bond donors (Lipinski definition) is 2. The number of Topliss-reactive ketones (excluding diaryl/α,β-unsaturated/α-hetero) is 1. The van der Waals surface area contributed by atoms with Crippen LogP contribution in [0.4, 0.5) is 18.9 Å². The smallest absolute Gasteiger partial charge is 0.339 e. The Labute approximate surface area is 152 Å². The number of nitrogens with zero attached hydrogens (tertiary/aromatic N) is 1. The first-order chi connectivity index (χ1) is 12.8. The van der Waals surface area contributed by atoms with Crippen LogP contribution in [0.25, 0.3) is 10.9 Å². The Balaban J connectivity index is 2.10. The Hall–Kier alpha value is -3.13. The molecular formula is C19H15F3N2O3. The average Bonchev–Trinajstić information content (AvgIpc) is 2.67. The number of fused-ring (bicyclic) bond motifs is 1. The fourth-order valence-electron chi connectivity index (χ4n) is 2.73. The third kappa shape index (κ3) is 3.19. The van der Waals surface area contributed by atoms with Crippen LogP contribution in [-0.4, -0.2) is 28.9 Å². The topological polar surface area (TPSA) is 85.4 Å². The molecule has 1 atom stereocenters. The molecule has 0 amide bonds. The number of aliphatic hydroxyl groups excluding tert-OH is 1. The summed E-state index contributed by atoms with van der Waals surface area (Å²) >= 11 is 0. The molecule has 0 saturated carbocycles. The van der Waals surface area contributed by atoms with Crippen LogP contribution in [0.5, 0.6) is 5.88 Å². The van der Waals surface area contributed by atoms with Gasteiger partial charge in [0.1, 0.15) is 11.4 Å². The molecule has 1 heterocycles. The number of halogens is 3. The number of ketones is 1. The van der Waals surface area contributed by atoms with Crippen LogP contribution in [0.1, 0.15) is 22.0 Å². The Morgan fingerprint density at radius 3 is 2.44 bits per heavy atom. The van der Waals surface area contributed by atoms with Crippen LogP contribution in [0.15, 0.2) is 48.5 Å². The fourth-order valence-corrected chi connectivity index (χ4v) is 2.73. The quantitative estimate of drug-likeness (QED) is 0.666. The number of hydrogen-bond acceptors (Lipinski definition) is 5. The number of pyridine rings is 1. The van der Waals surface area contributed by atoms with Gasteiger partial charge in [-0.15, -0.1) is 0 Å². The molecule has 5 nitrogen and oxygen atoms in total. The number of nitrogens with two attached hydrogens (primary N) is 1. The molecule has 0 bridgehead atoms. The highest BCUT2D eigenvalue weighted by Crippen LogP contribution is 2.39. The first-order valence-corrected chi connectivity index (χ1v) is 7.85. The van der Waals surface area contributed by atoms with E-state index in [1.807, 2.05) is 0 Å². The lowest BCUT2D eigenvalue weighted by atomic mass is 9.94. The predicted octanol–water partition coefficient (Wildman–Crippen LogP) is 3.52. The monoisotopic (exact) mass is 376 g/mol. The van der Waals surface area contributed by atoms with Gasteiger partial charge >= 0.3 is 5.92 Å². The molecule has 0 aliphatic rings. The standard InChI is InChI=1S/C19H15F3N2O3/c1-27-18-14(15(23)12-4-2-3-5-13(12)24-18)17(26)19(21,22)16(25)10-6-8-11(20)9-7-10/h2-9,16,25H,1H3,(H2,23,24). The highest BCUT2D eigenvalue weighted by molar-refractivity contribution is 6.12. The van der Waals surface area contributed by atoms with Gasteiger partial charge in [0, 0.05) is 5.39 Å². The van der Waals surface area contributed by atoms with Gasteiger partial charge in [0.05, 0.1) is 18.3 Å². The van der Waals surface area contributed by atoms with Gasteiger partial charge in [-0.3, -0.25) is 4.79 Å². The largest absolute Gasteiger partial charge is 0.480 e. The second-order valence-electron chi connectivity index (χ2n) is 5.83. The summed E-state index contributed by atoms with van der Waals surface area (Å²) in [6.45, 7) is 0. The summed E-state index contributed by atoms with van der Waals surface area (Å²) in [5.74, 6) is -7.03. The lowest BCUT2D eigenvalue weighted by Gasteiger charge is -2.23. The zero-order chi connectivity index (χ0) is 19.8. The Morgan fingerprint density at radius 2 is 1.81 bits per heavy atom. The van der Waals surface area contributed by atoms with E-state index < -0.39 is 29.2 Å². The molecule has 140 valence electrons. The van der Waals surface area contributed by atoms with Crippen LogP contribution < -0.4 is 10.5 Å².